The van der Waals surface area contributed by atoms with E-state index in [4.69, 9.17) is 14.7 Å². The number of alkyl halides is 2. The van der Waals surface area contributed by atoms with E-state index in [0.717, 1.165) is 12.1 Å². The predicted octanol–water partition coefficient (Wildman–Crippen LogP) is 2.34. The van der Waals surface area contributed by atoms with Crippen molar-refractivity contribution in [3.05, 3.63) is 23.3 Å². The largest absolute Gasteiger partial charge is 0.493 e. The molecule has 0 aliphatic rings. The van der Waals surface area contributed by atoms with Gasteiger partial charge >= 0.3 is 12.6 Å². The topological polar surface area (TPSA) is 68.6 Å². The Bertz CT molecular complexity index is 511. The second kappa shape index (κ2) is 6.54. The Morgan fingerprint density at radius 1 is 1.42 bits per heavy atom. The van der Waals surface area contributed by atoms with Crippen molar-refractivity contribution in [2.24, 2.45) is 0 Å². The highest BCUT2D eigenvalue weighted by Crippen LogP contribution is 2.32. The van der Waals surface area contributed by atoms with Crippen LogP contribution in [0.3, 0.4) is 0 Å². The van der Waals surface area contributed by atoms with Crippen molar-refractivity contribution in [3.8, 4) is 17.6 Å². The molecule has 1 aromatic rings. The molecule has 0 bridgehead atoms. The van der Waals surface area contributed by atoms with E-state index in [-0.39, 0.29) is 29.2 Å². The third kappa shape index (κ3) is 3.55. The molecule has 5 nitrogen and oxygen atoms in total. The monoisotopic (exact) mass is 271 g/mol. The van der Waals surface area contributed by atoms with E-state index in [1.54, 1.807) is 13.0 Å². The van der Waals surface area contributed by atoms with Gasteiger partial charge in [-0.1, -0.05) is 0 Å². The molecule has 0 saturated heterocycles. The van der Waals surface area contributed by atoms with E-state index in [1.807, 2.05) is 0 Å². The van der Waals surface area contributed by atoms with Crippen LogP contribution in [0.15, 0.2) is 12.1 Å². The summed E-state index contributed by atoms with van der Waals surface area (Å²) in [6, 6.07) is 3.86. The van der Waals surface area contributed by atoms with Gasteiger partial charge < -0.3 is 14.2 Å². The minimum Gasteiger partial charge on any atom is -0.493 e. The average molecular weight is 271 g/mol. The smallest absolute Gasteiger partial charge is 0.387 e. The van der Waals surface area contributed by atoms with Crippen molar-refractivity contribution in [1.29, 1.82) is 5.26 Å². The van der Waals surface area contributed by atoms with Gasteiger partial charge in [0.15, 0.2) is 11.5 Å². The summed E-state index contributed by atoms with van der Waals surface area (Å²) in [5.74, 6) is -1.13. The van der Waals surface area contributed by atoms with E-state index in [0.29, 0.717) is 0 Å². The van der Waals surface area contributed by atoms with E-state index < -0.39 is 12.6 Å². The first-order chi connectivity index (χ1) is 9.03. The maximum Gasteiger partial charge on any atom is 0.387 e. The molecule has 0 N–H and O–H groups in total. The normalized spacial score (nSPS) is 9.89. The van der Waals surface area contributed by atoms with Gasteiger partial charge in [-0.15, -0.1) is 0 Å². The molecule has 19 heavy (non-hydrogen) atoms. The van der Waals surface area contributed by atoms with Crippen molar-refractivity contribution in [2.45, 2.75) is 13.5 Å². The Labute approximate surface area is 108 Å². The number of rotatable bonds is 5. The molecule has 0 aromatic heterocycles. The number of nitriles is 1. The summed E-state index contributed by atoms with van der Waals surface area (Å²) in [6.45, 7) is -1.33. The number of halogens is 2. The van der Waals surface area contributed by atoms with Gasteiger partial charge in [-0.2, -0.15) is 14.0 Å². The van der Waals surface area contributed by atoms with Gasteiger partial charge in [-0.3, -0.25) is 0 Å². The van der Waals surface area contributed by atoms with Crippen molar-refractivity contribution in [3.63, 3.8) is 0 Å². The summed E-state index contributed by atoms with van der Waals surface area (Å²) >= 11 is 0. The molecule has 0 saturated carbocycles. The lowest BCUT2D eigenvalue weighted by Gasteiger charge is -2.12. The molecule has 102 valence electrons. The van der Waals surface area contributed by atoms with Crippen LogP contribution in [0.5, 0.6) is 11.5 Å². The number of hydrogen-bond donors (Lipinski definition) is 0. The highest BCUT2D eigenvalue weighted by Gasteiger charge is 2.19. The first-order valence-electron chi connectivity index (χ1n) is 5.27. The fourth-order valence-electron chi connectivity index (χ4n) is 1.38. The van der Waals surface area contributed by atoms with Crippen molar-refractivity contribution in [2.75, 3.05) is 13.7 Å². The summed E-state index contributed by atoms with van der Waals surface area (Å²) in [7, 11) is 1.23. The first-order valence-corrected chi connectivity index (χ1v) is 5.27. The summed E-state index contributed by atoms with van der Waals surface area (Å²) in [4.78, 5) is 11.6. The molecule has 0 amide bonds. The number of nitrogens with zero attached hydrogens (tertiary/aromatic N) is 1. The Morgan fingerprint density at radius 2 is 2.11 bits per heavy atom. The third-order valence-corrected chi connectivity index (χ3v) is 2.14. The van der Waals surface area contributed by atoms with Crippen LogP contribution >= 0.6 is 0 Å². The summed E-state index contributed by atoms with van der Waals surface area (Å²) < 4.78 is 38.2. The molecule has 1 rings (SSSR count). The summed E-state index contributed by atoms with van der Waals surface area (Å²) in [5.41, 5.74) is -0.197. The van der Waals surface area contributed by atoms with Gasteiger partial charge in [0.25, 0.3) is 0 Å². The molecular formula is C12H11F2NO4. The zero-order chi connectivity index (χ0) is 14.4. The zero-order valence-electron chi connectivity index (χ0n) is 10.3. The minimum atomic E-state index is -3.06. The predicted molar refractivity (Wildman–Crippen MR) is 60.3 cm³/mol. The van der Waals surface area contributed by atoms with Crippen LogP contribution < -0.4 is 9.47 Å². The standard InChI is InChI=1S/C12H11F2NO4/c1-3-18-11(16)8-5-9(17-2)10(19-12(13)14)4-7(8)6-15/h4-5,12H,3H2,1-2H3. The minimum absolute atomic E-state index is 0.0668. The van der Waals surface area contributed by atoms with Crippen LogP contribution in [-0.2, 0) is 4.74 Å². The number of benzene rings is 1. The van der Waals surface area contributed by atoms with Crippen LogP contribution in [0.25, 0.3) is 0 Å². The lowest BCUT2D eigenvalue weighted by atomic mass is 10.1. The third-order valence-electron chi connectivity index (χ3n) is 2.14. The van der Waals surface area contributed by atoms with Crippen LogP contribution in [0, 0.1) is 11.3 Å². The van der Waals surface area contributed by atoms with Crippen molar-refractivity contribution >= 4 is 5.97 Å². The summed E-state index contributed by atoms with van der Waals surface area (Å²) in [5, 5.41) is 8.92. The van der Waals surface area contributed by atoms with Crippen LogP contribution in [0.1, 0.15) is 22.8 Å². The molecule has 0 heterocycles. The highest BCUT2D eigenvalue weighted by molar-refractivity contribution is 5.93. The van der Waals surface area contributed by atoms with E-state index >= 15 is 0 Å². The fraction of sp³-hybridized carbons (Fsp3) is 0.333. The van der Waals surface area contributed by atoms with Crippen molar-refractivity contribution < 1.29 is 27.8 Å². The number of carbonyl (C=O) groups is 1. The van der Waals surface area contributed by atoms with Gasteiger partial charge in [0.05, 0.1) is 24.8 Å². The van der Waals surface area contributed by atoms with Crippen LogP contribution in [-0.4, -0.2) is 26.3 Å². The second-order valence-corrected chi connectivity index (χ2v) is 3.26. The molecule has 0 aliphatic carbocycles. The maximum absolute atomic E-state index is 12.2. The maximum atomic E-state index is 12.2. The Hall–Kier alpha value is -2.36. The number of methoxy groups -OCH3 is 1. The van der Waals surface area contributed by atoms with Gasteiger partial charge in [-0.25, -0.2) is 4.79 Å². The molecule has 0 aliphatic heterocycles. The van der Waals surface area contributed by atoms with E-state index in [2.05, 4.69) is 4.74 Å². The van der Waals surface area contributed by atoms with Crippen LogP contribution in [0.4, 0.5) is 8.78 Å². The molecule has 1 aromatic carbocycles. The Balaban J connectivity index is 3.27. The molecule has 0 fully saturated rings. The Kier molecular flexibility index (Phi) is 5.06. The first kappa shape index (κ1) is 14.7. The molecule has 0 unspecified atom stereocenters. The van der Waals surface area contributed by atoms with E-state index in [9.17, 15) is 13.6 Å². The summed E-state index contributed by atoms with van der Waals surface area (Å²) in [6.07, 6.45) is 0. The number of carbonyl (C=O) groups excluding carboxylic acids is 1. The lowest BCUT2D eigenvalue weighted by molar-refractivity contribution is -0.0512. The number of hydrogen-bond acceptors (Lipinski definition) is 5. The van der Waals surface area contributed by atoms with Crippen molar-refractivity contribution in [1.82, 2.24) is 0 Å². The zero-order valence-corrected chi connectivity index (χ0v) is 10.3. The van der Waals surface area contributed by atoms with E-state index in [1.165, 1.54) is 7.11 Å². The molecule has 0 atom stereocenters. The Morgan fingerprint density at radius 3 is 2.58 bits per heavy atom. The molecule has 0 radical (unpaired) electrons. The van der Waals surface area contributed by atoms with Gasteiger partial charge in [0.1, 0.15) is 6.07 Å². The molecule has 0 spiro atoms. The molecular weight excluding hydrogens is 260 g/mol. The van der Waals surface area contributed by atoms with Gasteiger partial charge in [-0.05, 0) is 13.0 Å². The average Bonchev–Trinajstić information content (AvgIpc) is 2.37. The lowest BCUT2D eigenvalue weighted by Crippen LogP contribution is -2.09. The SMILES string of the molecule is CCOC(=O)c1cc(OC)c(OC(F)F)cc1C#N. The fourth-order valence-corrected chi connectivity index (χ4v) is 1.38. The molecule has 7 heteroatoms. The number of ether oxygens (including phenoxy) is 3. The second-order valence-electron chi connectivity index (χ2n) is 3.26. The number of esters is 1. The van der Waals surface area contributed by atoms with Gasteiger partial charge in [0, 0.05) is 6.07 Å². The van der Waals surface area contributed by atoms with Crippen LogP contribution in [0.2, 0.25) is 0 Å². The highest BCUT2D eigenvalue weighted by atomic mass is 19.3. The quantitative estimate of drug-likeness (QED) is 0.769. The van der Waals surface area contributed by atoms with Gasteiger partial charge in [0.2, 0.25) is 0 Å².